The molecule has 17 heteroatoms. The van der Waals surface area contributed by atoms with Crippen LogP contribution < -0.4 is 9.47 Å². The molecule has 0 saturated carbocycles. The molecule has 2 N–H and O–H groups in total. The SMILES string of the molecule is Cc1cc(OCCCc2c(C(F)(F)F)n(CCC(=O)O)c3ccccc23)cc(C)c1Cl.Cc1cc(OCCCc2c(C)n(Cc3ccc(C(=O)O)cn3)c3c(-c4c(C)nn(C)c4C)c(Cl)ccc23)cc(C)c1Cl. The number of alkyl halides is 3. The van der Waals surface area contributed by atoms with Crippen molar-refractivity contribution in [1.82, 2.24) is 23.9 Å². The first-order chi connectivity index (χ1) is 34.6. The highest BCUT2D eigenvalue weighted by Gasteiger charge is 2.39. The average molecular weight is 1060 g/mol. The Morgan fingerprint density at radius 2 is 1.27 bits per heavy atom. The third kappa shape index (κ3) is 12.0. The van der Waals surface area contributed by atoms with Crippen LogP contribution in [0.3, 0.4) is 0 Å². The maximum atomic E-state index is 14.0. The van der Waals surface area contributed by atoms with Gasteiger partial charge in [-0.05, 0) is 156 Å². The number of halogens is 6. The van der Waals surface area contributed by atoms with Crippen LogP contribution in [0.25, 0.3) is 32.9 Å². The number of aromatic nitrogens is 5. The molecule has 4 aromatic carbocycles. The second-order valence-electron chi connectivity index (χ2n) is 18.3. The van der Waals surface area contributed by atoms with E-state index in [1.807, 2.05) is 64.5 Å². The second-order valence-corrected chi connectivity index (χ2v) is 19.4. The number of carbonyl (C=O) groups is 2. The number of benzene rings is 4. The molecule has 0 unspecified atom stereocenters. The number of aliphatic carboxylic acids is 1. The van der Waals surface area contributed by atoms with Crippen molar-refractivity contribution in [2.75, 3.05) is 13.2 Å². The maximum Gasteiger partial charge on any atom is 0.431 e. The Kier molecular flexibility index (Phi) is 16.9. The van der Waals surface area contributed by atoms with E-state index >= 15 is 0 Å². The fourth-order valence-electron chi connectivity index (χ4n) is 9.56. The van der Waals surface area contributed by atoms with Gasteiger partial charge in [0.1, 0.15) is 17.2 Å². The van der Waals surface area contributed by atoms with Crippen molar-refractivity contribution in [3.63, 3.8) is 0 Å². The molecule has 8 aromatic rings. The Balaban J connectivity index is 0.000000224. The average Bonchev–Trinajstić information content (AvgIpc) is 3.90. The van der Waals surface area contributed by atoms with Crippen LogP contribution in [0.2, 0.25) is 15.1 Å². The lowest BCUT2D eigenvalue weighted by Crippen LogP contribution is -2.17. The van der Waals surface area contributed by atoms with E-state index in [-0.39, 0.29) is 37.1 Å². The summed E-state index contributed by atoms with van der Waals surface area (Å²) in [6.45, 7) is 14.9. The molecular weight excluding hydrogens is 1000 g/mol. The Hall–Kier alpha value is -6.48. The predicted octanol–water partition coefficient (Wildman–Crippen LogP) is 14.5. The number of aromatic carboxylic acids is 1. The molecule has 4 aromatic heterocycles. The maximum absolute atomic E-state index is 14.0. The lowest BCUT2D eigenvalue weighted by molar-refractivity contribution is -0.145. The Bertz CT molecular complexity index is 3310. The van der Waals surface area contributed by atoms with E-state index in [4.69, 9.17) is 49.4 Å². The molecule has 0 saturated heterocycles. The number of carboxylic acid groups (broad SMARTS) is 2. The van der Waals surface area contributed by atoms with Gasteiger partial charge in [-0.1, -0.05) is 59.1 Å². The zero-order valence-corrected chi connectivity index (χ0v) is 44.2. The monoisotopic (exact) mass is 1060 g/mol. The summed E-state index contributed by atoms with van der Waals surface area (Å²) in [5, 5.41) is 26.7. The van der Waals surface area contributed by atoms with E-state index in [0.29, 0.717) is 46.3 Å². The molecule has 0 bridgehead atoms. The van der Waals surface area contributed by atoms with Crippen LogP contribution in [0, 0.1) is 48.5 Å². The minimum Gasteiger partial charge on any atom is -0.494 e. The highest BCUT2D eigenvalue weighted by Crippen LogP contribution is 2.43. The van der Waals surface area contributed by atoms with Gasteiger partial charge in [0, 0.05) is 68.6 Å². The smallest absolute Gasteiger partial charge is 0.431 e. The number of fused-ring (bicyclic) bond motifs is 2. The van der Waals surface area contributed by atoms with Gasteiger partial charge in [0.25, 0.3) is 0 Å². The van der Waals surface area contributed by atoms with Crippen LogP contribution in [-0.2, 0) is 43.9 Å². The van der Waals surface area contributed by atoms with E-state index < -0.39 is 23.8 Å². The third-order valence-corrected chi connectivity index (χ3v) is 14.6. The molecule has 73 heavy (non-hydrogen) atoms. The number of pyridine rings is 1. The van der Waals surface area contributed by atoms with Gasteiger partial charge in [0.2, 0.25) is 0 Å². The molecule has 0 spiro atoms. The quantitative estimate of drug-likeness (QED) is 0.0861. The molecule has 0 aliphatic carbocycles. The van der Waals surface area contributed by atoms with Crippen molar-refractivity contribution in [2.24, 2.45) is 7.05 Å². The van der Waals surface area contributed by atoms with Crippen molar-refractivity contribution < 1.29 is 42.4 Å². The van der Waals surface area contributed by atoms with Gasteiger partial charge in [-0.25, -0.2) is 4.79 Å². The van der Waals surface area contributed by atoms with Gasteiger partial charge in [0.15, 0.2) is 0 Å². The zero-order chi connectivity index (χ0) is 53.1. The first-order valence-corrected chi connectivity index (χ1v) is 24.9. The molecule has 0 aliphatic rings. The molecule has 0 amide bonds. The van der Waals surface area contributed by atoms with Crippen LogP contribution in [0.4, 0.5) is 13.2 Å². The Morgan fingerprint density at radius 1 is 0.699 bits per heavy atom. The minimum absolute atomic E-state index is 0.154. The summed E-state index contributed by atoms with van der Waals surface area (Å²) in [6, 6.07) is 21.5. The number of carboxylic acids is 2. The molecule has 11 nitrogen and oxygen atoms in total. The lowest BCUT2D eigenvalue weighted by Gasteiger charge is -2.15. The van der Waals surface area contributed by atoms with Gasteiger partial charge in [-0.3, -0.25) is 14.5 Å². The summed E-state index contributed by atoms with van der Waals surface area (Å²) < 4.78 is 58.9. The van der Waals surface area contributed by atoms with Crippen molar-refractivity contribution in [2.45, 2.75) is 99.8 Å². The van der Waals surface area contributed by atoms with Gasteiger partial charge in [-0.2, -0.15) is 18.3 Å². The largest absolute Gasteiger partial charge is 0.494 e. The van der Waals surface area contributed by atoms with Gasteiger partial charge in [-0.15, -0.1) is 0 Å². The van der Waals surface area contributed by atoms with Gasteiger partial charge < -0.3 is 28.8 Å². The number of hydrogen-bond donors (Lipinski definition) is 2. The number of hydrogen-bond acceptors (Lipinski definition) is 6. The van der Waals surface area contributed by atoms with Gasteiger partial charge >= 0.3 is 18.1 Å². The van der Waals surface area contributed by atoms with E-state index in [0.717, 1.165) is 95.2 Å². The molecule has 0 fully saturated rings. The molecule has 0 aliphatic heterocycles. The summed E-state index contributed by atoms with van der Waals surface area (Å²) in [5.41, 5.74) is 11.7. The summed E-state index contributed by atoms with van der Waals surface area (Å²) in [6.07, 6.45) is -1.44. The number of ether oxygens (including phenoxy) is 2. The topological polar surface area (TPSA) is 134 Å². The van der Waals surface area contributed by atoms with Crippen LogP contribution in [0.5, 0.6) is 11.5 Å². The summed E-state index contributed by atoms with van der Waals surface area (Å²) in [7, 11) is 1.94. The first kappa shape index (κ1) is 54.3. The number of para-hydroxylation sites is 1. The van der Waals surface area contributed by atoms with E-state index in [1.165, 1.54) is 11.8 Å². The number of aryl methyl sites for hydroxylation is 9. The van der Waals surface area contributed by atoms with Crippen molar-refractivity contribution in [3.05, 3.63) is 161 Å². The zero-order valence-electron chi connectivity index (χ0n) is 41.9. The summed E-state index contributed by atoms with van der Waals surface area (Å²) >= 11 is 19.4. The molecule has 8 rings (SSSR count). The lowest BCUT2D eigenvalue weighted by atomic mass is 9.98. The number of nitrogens with zero attached hydrogens (tertiary/aromatic N) is 5. The molecular formula is C56H57Cl3F3N5O6. The molecule has 0 atom stereocenters. The molecule has 4 heterocycles. The normalized spacial score (nSPS) is 11.6. The van der Waals surface area contributed by atoms with Crippen LogP contribution in [0.1, 0.15) is 91.5 Å². The first-order valence-electron chi connectivity index (χ1n) is 23.7. The Labute approximate surface area is 437 Å². The van der Waals surface area contributed by atoms with Crippen molar-refractivity contribution in [3.8, 4) is 22.6 Å². The standard InChI is InChI=1S/C33H34Cl2N4O3.C23H23ClF3NO3/c1-18-14-25(15-19(2)31(18)35)42-13-7-8-26-21(4)39(17-24-10-9-23(16-36-24)33(40)41)32-27(26)11-12-28(34)30(32)29-20(3)37-38(6)22(29)5;1-14-12-16(13-15(2)21(14)24)31-11-5-7-18-17-6-3-4-8-19(17)28(10-9-20(29)30)22(18)23(25,26)27/h9-12,14-16H,7-8,13,17H2,1-6H3,(H,40,41);3-4,6,8,12-13H,5,7,9-11H2,1-2H3,(H,29,30). The van der Waals surface area contributed by atoms with Gasteiger partial charge in [0.05, 0.1) is 53.7 Å². The number of rotatable bonds is 17. The minimum atomic E-state index is -4.60. The fourth-order valence-corrected chi connectivity index (χ4v) is 10.0. The van der Waals surface area contributed by atoms with E-state index in [1.54, 1.807) is 48.5 Å². The highest BCUT2D eigenvalue weighted by atomic mass is 35.5. The van der Waals surface area contributed by atoms with Crippen LogP contribution >= 0.6 is 34.8 Å². The van der Waals surface area contributed by atoms with Crippen molar-refractivity contribution >= 4 is 68.5 Å². The fraction of sp³-hybridized carbons (Fsp3) is 0.321. The van der Waals surface area contributed by atoms with Crippen LogP contribution in [0.15, 0.2) is 79.0 Å². The summed E-state index contributed by atoms with van der Waals surface area (Å²) in [4.78, 5) is 26.8. The third-order valence-electron chi connectivity index (χ3n) is 13.1. The molecule has 0 radical (unpaired) electrons. The molecule has 384 valence electrons. The Morgan fingerprint density at radius 3 is 1.78 bits per heavy atom. The highest BCUT2D eigenvalue weighted by molar-refractivity contribution is 6.35. The van der Waals surface area contributed by atoms with Crippen molar-refractivity contribution in [1.29, 1.82) is 0 Å². The second kappa shape index (κ2) is 22.7. The van der Waals surface area contributed by atoms with Crippen LogP contribution in [-0.4, -0.2) is 59.3 Å². The van der Waals surface area contributed by atoms with E-state index in [9.17, 15) is 27.9 Å². The van der Waals surface area contributed by atoms with E-state index in [2.05, 4.69) is 34.6 Å². The summed E-state index contributed by atoms with van der Waals surface area (Å²) in [5.74, 6) is -0.698. The predicted molar refractivity (Wildman–Crippen MR) is 282 cm³/mol.